The minimum atomic E-state index is -0.144. The van der Waals surface area contributed by atoms with E-state index in [4.69, 9.17) is 0 Å². The lowest BCUT2D eigenvalue weighted by atomic mass is 10.1. The molecule has 2 aromatic heterocycles. The molecule has 0 spiro atoms. The number of hydrogen-bond acceptors (Lipinski definition) is 5. The zero-order chi connectivity index (χ0) is 17.8. The lowest BCUT2D eigenvalue weighted by Crippen LogP contribution is -2.16. The summed E-state index contributed by atoms with van der Waals surface area (Å²) in [4.78, 5) is 28.1. The van der Waals surface area contributed by atoms with Crippen LogP contribution in [0.5, 0.6) is 0 Å². The number of benzene rings is 1. The Morgan fingerprint density at radius 2 is 1.88 bits per heavy atom. The van der Waals surface area contributed by atoms with Gasteiger partial charge in [0.2, 0.25) is 11.8 Å². The van der Waals surface area contributed by atoms with Crippen molar-refractivity contribution in [2.75, 3.05) is 10.6 Å². The molecule has 0 bridgehead atoms. The van der Waals surface area contributed by atoms with Gasteiger partial charge in [-0.3, -0.25) is 9.59 Å². The Kier molecular flexibility index (Phi) is 5.25. The number of thiophene rings is 1. The van der Waals surface area contributed by atoms with Crippen molar-refractivity contribution in [2.24, 2.45) is 0 Å². The molecule has 0 unspecified atom stereocenters. The maximum absolute atomic E-state index is 12.3. The lowest BCUT2D eigenvalue weighted by Gasteiger charge is -2.12. The molecule has 0 aliphatic carbocycles. The van der Waals surface area contributed by atoms with E-state index in [1.54, 1.807) is 23.5 Å². The van der Waals surface area contributed by atoms with E-state index in [1.807, 2.05) is 35.2 Å². The molecule has 2 heterocycles. The minimum absolute atomic E-state index is 0.134. The molecule has 7 heteroatoms. The third-order valence-electron chi connectivity index (χ3n) is 3.58. The number of amides is 2. The van der Waals surface area contributed by atoms with Crippen LogP contribution in [0.15, 0.2) is 40.4 Å². The summed E-state index contributed by atoms with van der Waals surface area (Å²) in [6, 6.07) is 7.44. The summed E-state index contributed by atoms with van der Waals surface area (Å²) in [7, 11) is 0. The van der Waals surface area contributed by atoms with Crippen LogP contribution in [0.4, 0.5) is 11.4 Å². The second kappa shape index (κ2) is 7.58. The van der Waals surface area contributed by atoms with E-state index in [0.29, 0.717) is 11.4 Å². The molecule has 128 valence electrons. The highest BCUT2D eigenvalue weighted by Gasteiger charge is 2.12. The van der Waals surface area contributed by atoms with Gasteiger partial charge in [-0.25, -0.2) is 4.98 Å². The molecule has 2 N–H and O–H groups in total. The Morgan fingerprint density at radius 1 is 1.12 bits per heavy atom. The van der Waals surface area contributed by atoms with E-state index in [1.165, 1.54) is 18.3 Å². The second-order valence-corrected chi connectivity index (χ2v) is 7.18. The van der Waals surface area contributed by atoms with Crippen LogP contribution < -0.4 is 10.6 Å². The number of hydrogen-bond donors (Lipinski definition) is 2. The number of rotatable bonds is 5. The van der Waals surface area contributed by atoms with Gasteiger partial charge in [0.15, 0.2) is 0 Å². The van der Waals surface area contributed by atoms with Crippen LogP contribution in [-0.2, 0) is 16.0 Å². The fourth-order valence-electron chi connectivity index (χ4n) is 2.36. The van der Waals surface area contributed by atoms with Crippen molar-refractivity contribution in [1.29, 1.82) is 0 Å². The van der Waals surface area contributed by atoms with Crippen molar-refractivity contribution < 1.29 is 9.59 Å². The molecule has 0 aliphatic rings. The number of carbonyl (C=O) groups is 2. The fraction of sp³-hybridized carbons (Fsp3) is 0.167. The number of thiazole rings is 1. The zero-order valence-corrected chi connectivity index (χ0v) is 15.5. The maximum Gasteiger partial charge on any atom is 0.230 e. The van der Waals surface area contributed by atoms with Gasteiger partial charge in [0.1, 0.15) is 5.01 Å². The quantitative estimate of drug-likeness (QED) is 0.702. The monoisotopic (exact) mass is 371 g/mol. The molecule has 2 amide bonds. The Bertz CT molecular complexity index is 901. The maximum atomic E-state index is 12.3. The standard InChI is InChI=1S/C18H17N3O2S2/c1-11-15(19-12(2)22)4-3-5-16(11)21-17(23)8-14-10-25-18(20-14)13-6-7-24-9-13/h3-7,9-10H,8H2,1-2H3,(H,19,22)(H,21,23). The van der Waals surface area contributed by atoms with Crippen molar-refractivity contribution in [3.05, 3.63) is 51.7 Å². The van der Waals surface area contributed by atoms with E-state index in [-0.39, 0.29) is 18.2 Å². The minimum Gasteiger partial charge on any atom is -0.326 e. The number of nitrogens with zero attached hydrogens (tertiary/aromatic N) is 1. The predicted octanol–water partition coefficient (Wildman–Crippen LogP) is 4.32. The van der Waals surface area contributed by atoms with Gasteiger partial charge >= 0.3 is 0 Å². The molecule has 0 saturated heterocycles. The predicted molar refractivity (Wildman–Crippen MR) is 103 cm³/mol. The van der Waals surface area contributed by atoms with Crippen molar-refractivity contribution in [3.8, 4) is 10.6 Å². The van der Waals surface area contributed by atoms with Gasteiger partial charge in [0.25, 0.3) is 0 Å². The lowest BCUT2D eigenvalue weighted by molar-refractivity contribution is -0.116. The van der Waals surface area contributed by atoms with E-state index >= 15 is 0 Å². The Morgan fingerprint density at radius 3 is 2.56 bits per heavy atom. The number of carbonyl (C=O) groups excluding carboxylic acids is 2. The molecular formula is C18H17N3O2S2. The average molecular weight is 371 g/mol. The summed E-state index contributed by atoms with van der Waals surface area (Å²) in [5.74, 6) is -0.278. The van der Waals surface area contributed by atoms with Crippen LogP contribution in [0.2, 0.25) is 0 Å². The van der Waals surface area contributed by atoms with Crippen LogP contribution in [-0.4, -0.2) is 16.8 Å². The molecule has 1 aromatic carbocycles. The Hall–Kier alpha value is -2.51. The molecule has 0 fully saturated rings. The fourth-order valence-corrected chi connectivity index (χ4v) is 3.89. The topological polar surface area (TPSA) is 71.1 Å². The highest BCUT2D eigenvalue weighted by atomic mass is 32.1. The molecule has 0 saturated carbocycles. The largest absolute Gasteiger partial charge is 0.326 e. The van der Waals surface area contributed by atoms with Crippen molar-refractivity contribution >= 4 is 45.9 Å². The SMILES string of the molecule is CC(=O)Nc1cccc(NC(=O)Cc2csc(-c3ccsc3)n2)c1C. The van der Waals surface area contributed by atoms with Crippen molar-refractivity contribution in [3.63, 3.8) is 0 Å². The van der Waals surface area contributed by atoms with Gasteiger partial charge in [-0.1, -0.05) is 6.07 Å². The summed E-state index contributed by atoms with van der Waals surface area (Å²) in [5, 5.41) is 12.5. The number of anilines is 2. The normalized spacial score (nSPS) is 10.5. The second-order valence-electron chi connectivity index (χ2n) is 5.54. The zero-order valence-electron chi connectivity index (χ0n) is 13.8. The summed E-state index contributed by atoms with van der Waals surface area (Å²) < 4.78 is 0. The summed E-state index contributed by atoms with van der Waals surface area (Å²) in [6.45, 7) is 3.32. The van der Waals surface area contributed by atoms with Crippen LogP contribution in [0.25, 0.3) is 10.6 Å². The first-order valence-electron chi connectivity index (χ1n) is 7.67. The molecule has 0 aliphatic heterocycles. The summed E-state index contributed by atoms with van der Waals surface area (Å²) in [5.41, 5.74) is 4.03. The molecule has 3 rings (SSSR count). The molecule has 0 atom stereocenters. The molecule has 5 nitrogen and oxygen atoms in total. The molecular weight excluding hydrogens is 354 g/mol. The smallest absolute Gasteiger partial charge is 0.230 e. The third-order valence-corrected chi connectivity index (χ3v) is 5.20. The van der Waals surface area contributed by atoms with Gasteiger partial charge < -0.3 is 10.6 Å². The Labute approximate surface area is 153 Å². The summed E-state index contributed by atoms with van der Waals surface area (Å²) in [6.07, 6.45) is 0.213. The van der Waals surface area contributed by atoms with Gasteiger partial charge in [0.05, 0.1) is 12.1 Å². The van der Waals surface area contributed by atoms with E-state index in [2.05, 4.69) is 15.6 Å². The van der Waals surface area contributed by atoms with Gasteiger partial charge in [0, 0.05) is 34.6 Å². The van der Waals surface area contributed by atoms with Crippen molar-refractivity contribution in [2.45, 2.75) is 20.3 Å². The van der Waals surface area contributed by atoms with E-state index in [9.17, 15) is 9.59 Å². The highest BCUT2D eigenvalue weighted by Crippen LogP contribution is 2.26. The summed E-state index contributed by atoms with van der Waals surface area (Å²) >= 11 is 3.16. The van der Waals surface area contributed by atoms with E-state index in [0.717, 1.165) is 21.8 Å². The first-order valence-corrected chi connectivity index (χ1v) is 9.49. The first-order chi connectivity index (χ1) is 12.0. The third kappa shape index (κ3) is 4.32. The van der Waals surface area contributed by atoms with E-state index < -0.39 is 0 Å². The van der Waals surface area contributed by atoms with Crippen molar-refractivity contribution in [1.82, 2.24) is 4.98 Å². The average Bonchev–Trinajstić information content (AvgIpc) is 3.22. The number of nitrogens with one attached hydrogen (secondary N) is 2. The Balaban J connectivity index is 1.68. The van der Waals surface area contributed by atoms with Gasteiger partial charge in [-0.05, 0) is 36.1 Å². The number of aromatic nitrogens is 1. The van der Waals surface area contributed by atoms with Gasteiger partial charge in [-0.15, -0.1) is 11.3 Å². The van der Waals surface area contributed by atoms with Gasteiger partial charge in [-0.2, -0.15) is 11.3 Å². The highest BCUT2D eigenvalue weighted by molar-refractivity contribution is 7.14. The molecule has 0 radical (unpaired) electrons. The van der Waals surface area contributed by atoms with Crippen LogP contribution in [0.3, 0.4) is 0 Å². The molecule has 25 heavy (non-hydrogen) atoms. The van der Waals surface area contributed by atoms with Crippen LogP contribution >= 0.6 is 22.7 Å². The first kappa shape index (κ1) is 17.3. The van der Waals surface area contributed by atoms with Crippen LogP contribution in [0, 0.1) is 6.92 Å². The molecule has 3 aromatic rings. The van der Waals surface area contributed by atoms with Crippen LogP contribution in [0.1, 0.15) is 18.2 Å².